The van der Waals surface area contributed by atoms with E-state index >= 15 is 0 Å². The zero-order valence-corrected chi connectivity index (χ0v) is 15.6. The monoisotopic (exact) mass is 407 g/mol. The van der Waals surface area contributed by atoms with Gasteiger partial charge in [-0.05, 0) is 36.4 Å². The number of anilines is 2. The molecule has 0 fully saturated rings. The molecule has 0 unspecified atom stereocenters. The quantitative estimate of drug-likeness (QED) is 0.624. The van der Waals surface area contributed by atoms with E-state index in [-0.39, 0.29) is 23.8 Å². The van der Waals surface area contributed by atoms with Gasteiger partial charge in [-0.15, -0.1) is 0 Å². The lowest BCUT2D eigenvalue weighted by molar-refractivity contribution is -0.115. The number of amides is 3. The maximum atomic E-state index is 12.3. The van der Waals surface area contributed by atoms with E-state index in [1.165, 1.54) is 38.3 Å². The fourth-order valence-electron chi connectivity index (χ4n) is 2.35. The largest absolute Gasteiger partial charge is 0.495 e. The number of halogens is 2. The van der Waals surface area contributed by atoms with E-state index in [4.69, 9.17) is 4.74 Å². The Hall–Kier alpha value is -3.69. The first kappa shape index (κ1) is 21.6. The van der Waals surface area contributed by atoms with Crippen LogP contribution in [0.1, 0.15) is 17.3 Å². The van der Waals surface area contributed by atoms with Crippen LogP contribution in [0.2, 0.25) is 0 Å². The molecule has 3 N–H and O–H groups in total. The van der Waals surface area contributed by atoms with Crippen LogP contribution in [0.15, 0.2) is 42.5 Å². The molecule has 0 aliphatic carbocycles. The van der Waals surface area contributed by atoms with E-state index in [9.17, 15) is 23.2 Å². The van der Waals surface area contributed by atoms with Crippen LogP contribution in [-0.2, 0) is 9.59 Å². The number of ether oxygens (including phenoxy) is 2. The topological polar surface area (TPSA) is 106 Å². The second-order valence-corrected chi connectivity index (χ2v) is 5.73. The molecule has 10 heteroatoms. The summed E-state index contributed by atoms with van der Waals surface area (Å²) in [7, 11) is 1.44. The highest BCUT2D eigenvalue weighted by Crippen LogP contribution is 2.27. The lowest BCUT2D eigenvalue weighted by Crippen LogP contribution is -2.32. The van der Waals surface area contributed by atoms with E-state index < -0.39 is 18.4 Å². The van der Waals surface area contributed by atoms with Gasteiger partial charge in [0, 0.05) is 18.2 Å². The summed E-state index contributed by atoms with van der Waals surface area (Å²) in [6.45, 7) is -2.03. The van der Waals surface area contributed by atoms with E-state index in [0.29, 0.717) is 17.1 Å². The molecule has 0 heterocycles. The predicted molar refractivity (Wildman–Crippen MR) is 101 cm³/mol. The van der Waals surface area contributed by atoms with Gasteiger partial charge in [-0.3, -0.25) is 14.4 Å². The second kappa shape index (κ2) is 10.0. The van der Waals surface area contributed by atoms with Gasteiger partial charge < -0.3 is 25.4 Å². The average Bonchev–Trinajstić information content (AvgIpc) is 2.65. The van der Waals surface area contributed by atoms with Gasteiger partial charge in [0.15, 0.2) is 0 Å². The SMILES string of the molecule is COc1ccc(NC(=O)CNC(=O)c2cccc(OC(F)F)c2)cc1NC(C)=O. The highest BCUT2D eigenvalue weighted by atomic mass is 19.3. The standard InChI is InChI=1S/C19H19F2N3O5/c1-11(25)23-15-9-13(6-7-16(15)28-2)24-17(26)10-22-18(27)12-4-3-5-14(8-12)29-19(20)21/h3-9,19H,10H2,1-2H3,(H,22,27)(H,23,25)(H,24,26). The minimum atomic E-state index is -3.01. The van der Waals surface area contributed by atoms with Gasteiger partial charge in [0.2, 0.25) is 11.8 Å². The van der Waals surface area contributed by atoms with E-state index in [1.54, 1.807) is 12.1 Å². The molecule has 2 aromatic carbocycles. The van der Waals surface area contributed by atoms with Crippen molar-refractivity contribution in [2.75, 3.05) is 24.3 Å². The number of hydrogen-bond donors (Lipinski definition) is 3. The minimum absolute atomic E-state index is 0.0633. The fraction of sp³-hybridized carbons (Fsp3) is 0.211. The smallest absolute Gasteiger partial charge is 0.387 e. The number of alkyl halides is 2. The summed E-state index contributed by atoms with van der Waals surface area (Å²) in [4.78, 5) is 35.4. The molecule has 8 nitrogen and oxygen atoms in total. The van der Waals surface area contributed by atoms with Crippen molar-refractivity contribution >= 4 is 29.1 Å². The van der Waals surface area contributed by atoms with Crippen molar-refractivity contribution in [2.24, 2.45) is 0 Å². The molecular formula is C19H19F2N3O5. The van der Waals surface area contributed by atoms with Crippen molar-refractivity contribution in [3.8, 4) is 11.5 Å². The molecular weight excluding hydrogens is 388 g/mol. The summed E-state index contributed by atoms with van der Waals surface area (Å²) in [6, 6.07) is 9.84. The molecule has 154 valence electrons. The lowest BCUT2D eigenvalue weighted by atomic mass is 10.2. The zero-order valence-electron chi connectivity index (χ0n) is 15.6. The zero-order chi connectivity index (χ0) is 21.4. The van der Waals surface area contributed by atoms with Crippen LogP contribution >= 0.6 is 0 Å². The summed E-state index contributed by atoms with van der Waals surface area (Å²) in [5.41, 5.74) is 0.812. The van der Waals surface area contributed by atoms with Gasteiger partial charge in [0.05, 0.1) is 19.3 Å². The van der Waals surface area contributed by atoms with E-state index in [0.717, 1.165) is 6.07 Å². The summed E-state index contributed by atoms with van der Waals surface area (Å²) < 4.78 is 33.9. The van der Waals surface area contributed by atoms with Gasteiger partial charge in [0.25, 0.3) is 5.91 Å². The normalized spacial score (nSPS) is 10.2. The molecule has 0 aromatic heterocycles. The van der Waals surface area contributed by atoms with Crippen LogP contribution < -0.4 is 25.4 Å². The number of carbonyl (C=O) groups excluding carboxylic acids is 3. The maximum absolute atomic E-state index is 12.3. The van der Waals surface area contributed by atoms with Crippen molar-refractivity contribution in [1.82, 2.24) is 5.32 Å². The molecule has 29 heavy (non-hydrogen) atoms. The van der Waals surface area contributed by atoms with Crippen LogP contribution in [0, 0.1) is 0 Å². The summed E-state index contributed by atoms with van der Waals surface area (Å²) in [5.74, 6) is -1.22. The number of rotatable bonds is 8. The van der Waals surface area contributed by atoms with Gasteiger partial charge in [0.1, 0.15) is 11.5 Å². The maximum Gasteiger partial charge on any atom is 0.387 e. The number of methoxy groups -OCH3 is 1. The Morgan fingerprint density at radius 3 is 2.48 bits per heavy atom. The minimum Gasteiger partial charge on any atom is -0.495 e. The van der Waals surface area contributed by atoms with Crippen LogP contribution in [0.3, 0.4) is 0 Å². The Morgan fingerprint density at radius 1 is 1.07 bits per heavy atom. The van der Waals surface area contributed by atoms with Crippen molar-refractivity contribution in [2.45, 2.75) is 13.5 Å². The first-order valence-electron chi connectivity index (χ1n) is 8.37. The Morgan fingerprint density at radius 2 is 1.83 bits per heavy atom. The van der Waals surface area contributed by atoms with Crippen molar-refractivity contribution < 1.29 is 32.6 Å². The number of nitrogens with one attached hydrogen (secondary N) is 3. The number of hydrogen-bond acceptors (Lipinski definition) is 5. The predicted octanol–water partition coefficient (Wildman–Crippen LogP) is 2.62. The third-order valence-electron chi connectivity index (χ3n) is 3.52. The van der Waals surface area contributed by atoms with Crippen LogP contribution in [0.5, 0.6) is 11.5 Å². The number of benzene rings is 2. The van der Waals surface area contributed by atoms with Crippen molar-refractivity contribution in [1.29, 1.82) is 0 Å². The fourth-order valence-corrected chi connectivity index (χ4v) is 2.35. The molecule has 0 saturated heterocycles. The summed E-state index contributed by atoms with van der Waals surface area (Å²) >= 11 is 0. The first-order chi connectivity index (χ1) is 13.8. The Kier molecular flexibility index (Phi) is 7.47. The van der Waals surface area contributed by atoms with Crippen molar-refractivity contribution in [3.63, 3.8) is 0 Å². The van der Waals surface area contributed by atoms with Crippen LogP contribution in [-0.4, -0.2) is 38.0 Å². The van der Waals surface area contributed by atoms with E-state index in [1.807, 2.05) is 0 Å². The molecule has 0 spiro atoms. The highest BCUT2D eigenvalue weighted by molar-refractivity contribution is 6.00. The molecule has 0 radical (unpaired) electrons. The third-order valence-corrected chi connectivity index (χ3v) is 3.52. The average molecular weight is 407 g/mol. The van der Waals surface area contributed by atoms with Gasteiger partial charge in [-0.2, -0.15) is 8.78 Å². The first-order valence-corrected chi connectivity index (χ1v) is 8.37. The Bertz CT molecular complexity index is 905. The number of carbonyl (C=O) groups is 3. The molecule has 0 bridgehead atoms. The molecule has 3 amide bonds. The van der Waals surface area contributed by atoms with Gasteiger partial charge >= 0.3 is 6.61 Å². The Labute approximate surface area is 165 Å². The molecule has 2 rings (SSSR count). The molecule has 0 saturated carbocycles. The Balaban J connectivity index is 1.96. The highest BCUT2D eigenvalue weighted by Gasteiger charge is 2.12. The summed E-state index contributed by atoms with van der Waals surface area (Å²) in [6.07, 6.45) is 0. The molecule has 0 aliphatic rings. The molecule has 0 aliphatic heterocycles. The van der Waals surface area contributed by atoms with Crippen molar-refractivity contribution in [3.05, 3.63) is 48.0 Å². The summed E-state index contributed by atoms with van der Waals surface area (Å²) in [5, 5.41) is 7.53. The molecule has 2 aromatic rings. The van der Waals surface area contributed by atoms with Crippen LogP contribution in [0.25, 0.3) is 0 Å². The second-order valence-electron chi connectivity index (χ2n) is 5.73. The molecule has 0 atom stereocenters. The van der Waals surface area contributed by atoms with Gasteiger partial charge in [-0.1, -0.05) is 6.07 Å². The van der Waals surface area contributed by atoms with E-state index in [2.05, 4.69) is 20.7 Å². The van der Waals surface area contributed by atoms with Gasteiger partial charge in [-0.25, -0.2) is 0 Å². The third kappa shape index (κ3) is 6.76. The van der Waals surface area contributed by atoms with Crippen LogP contribution in [0.4, 0.5) is 20.2 Å². The lowest BCUT2D eigenvalue weighted by Gasteiger charge is -2.12.